The van der Waals surface area contributed by atoms with Gasteiger partial charge in [0.25, 0.3) is 5.91 Å². The second-order valence-electron chi connectivity index (χ2n) is 6.98. The number of likely N-dealkylation sites (N-methyl/N-ethyl adjacent to an activating group) is 1. The second kappa shape index (κ2) is 9.35. The number of rotatable bonds is 9. The minimum absolute atomic E-state index is 0.0449. The van der Waals surface area contributed by atoms with Crippen LogP contribution >= 0.6 is 11.6 Å². The Labute approximate surface area is 174 Å². The summed E-state index contributed by atoms with van der Waals surface area (Å²) in [6.07, 6.45) is 0. The average molecular weight is 443 g/mol. The van der Waals surface area contributed by atoms with E-state index in [9.17, 15) is 13.2 Å². The van der Waals surface area contributed by atoms with Crippen molar-refractivity contribution >= 4 is 39.2 Å². The van der Waals surface area contributed by atoms with Crippen LogP contribution in [-0.4, -0.2) is 69.1 Å². The van der Waals surface area contributed by atoms with Crippen LogP contribution in [0.25, 0.3) is 0 Å². The summed E-state index contributed by atoms with van der Waals surface area (Å²) in [6.45, 7) is 1.65. The lowest BCUT2D eigenvalue weighted by Gasteiger charge is -2.29. The number of amides is 1. The maximum absolute atomic E-state index is 12.2. The van der Waals surface area contributed by atoms with E-state index in [-0.39, 0.29) is 33.9 Å². The summed E-state index contributed by atoms with van der Waals surface area (Å²) in [7, 11) is 0.309. The molecule has 0 radical (unpaired) electrons. The summed E-state index contributed by atoms with van der Waals surface area (Å²) < 4.78 is 27.5. The van der Waals surface area contributed by atoms with E-state index in [0.717, 1.165) is 0 Å². The van der Waals surface area contributed by atoms with Crippen molar-refractivity contribution in [3.8, 4) is 0 Å². The fourth-order valence-electron chi connectivity index (χ4n) is 2.44. The van der Waals surface area contributed by atoms with E-state index in [4.69, 9.17) is 23.1 Å². The zero-order chi connectivity index (χ0) is 21.7. The number of nitrogen functional groups attached to an aromatic ring is 2. The number of hydrogen-bond donors (Lipinski definition) is 4. The Kier molecular flexibility index (Phi) is 7.36. The molecule has 29 heavy (non-hydrogen) atoms. The fourth-order valence-corrected chi connectivity index (χ4v) is 3.61. The third-order valence-corrected chi connectivity index (χ3v) is 5.94. The highest BCUT2D eigenvalue weighted by molar-refractivity contribution is 7.89. The number of sulfonamides is 1. The van der Waals surface area contributed by atoms with Crippen molar-refractivity contribution in [2.45, 2.75) is 4.90 Å². The van der Waals surface area contributed by atoms with Crippen LogP contribution in [0.2, 0.25) is 5.15 Å². The molecule has 6 N–H and O–H groups in total. The summed E-state index contributed by atoms with van der Waals surface area (Å²) in [6, 6.07) is 8.17. The first-order valence-electron chi connectivity index (χ1n) is 8.75. The predicted octanol–water partition coefficient (Wildman–Crippen LogP) is 0.0791. The van der Waals surface area contributed by atoms with Crippen molar-refractivity contribution in [1.82, 2.24) is 20.0 Å². The van der Waals surface area contributed by atoms with E-state index in [2.05, 4.69) is 20.0 Å². The molecule has 0 aliphatic carbocycles. The third kappa shape index (κ3) is 6.53. The Morgan fingerprint density at radius 1 is 1.07 bits per heavy atom. The molecule has 0 atom stereocenters. The summed E-state index contributed by atoms with van der Waals surface area (Å²) in [5.41, 5.74) is 11.1. The molecule has 158 valence electrons. The molecule has 1 aromatic heterocycles. The van der Waals surface area contributed by atoms with Crippen LogP contribution < -0.4 is 21.5 Å². The zero-order valence-corrected chi connectivity index (χ0v) is 17.8. The number of aromatic nitrogens is 2. The lowest BCUT2D eigenvalue weighted by Crippen LogP contribution is -2.49. The van der Waals surface area contributed by atoms with E-state index < -0.39 is 15.9 Å². The van der Waals surface area contributed by atoms with Gasteiger partial charge in [-0.2, -0.15) is 0 Å². The van der Waals surface area contributed by atoms with Crippen molar-refractivity contribution in [2.24, 2.45) is 0 Å². The molecule has 0 saturated heterocycles. The number of carbonyl (C=O) groups excluding carboxylic acids is 1. The highest BCUT2D eigenvalue weighted by atomic mass is 35.5. The molecule has 0 aliphatic heterocycles. The minimum atomic E-state index is -3.55. The maximum Gasteiger partial charge on any atom is 0.273 e. The third-order valence-electron chi connectivity index (χ3n) is 4.19. The standard InChI is InChI=1S/C17H24ClN7O3S/c1-25(2,11-9-22-29(27,28)12-6-4-3-5-7-12)10-8-21-17(26)13-15(19)24-16(20)14(18)23-13/h3-7,22H,8-11H2,1-2H3,(H4-,19,20,21,24,26)/p+1. The Balaban J connectivity index is 1.82. The summed E-state index contributed by atoms with van der Waals surface area (Å²) >= 11 is 5.78. The van der Waals surface area contributed by atoms with Crippen LogP contribution in [0.1, 0.15) is 10.5 Å². The molecule has 1 aromatic carbocycles. The van der Waals surface area contributed by atoms with E-state index >= 15 is 0 Å². The van der Waals surface area contributed by atoms with Crippen LogP contribution in [0.5, 0.6) is 0 Å². The lowest BCUT2D eigenvalue weighted by atomic mass is 10.3. The molecule has 0 unspecified atom stereocenters. The van der Waals surface area contributed by atoms with Gasteiger partial charge in [0.15, 0.2) is 22.5 Å². The second-order valence-corrected chi connectivity index (χ2v) is 9.11. The number of nitrogens with one attached hydrogen (secondary N) is 2. The van der Waals surface area contributed by atoms with E-state index in [1.54, 1.807) is 18.2 Å². The quantitative estimate of drug-likeness (QED) is 0.401. The van der Waals surface area contributed by atoms with Crippen LogP contribution in [0.3, 0.4) is 0 Å². The number of quaternary nitrogens is 1. The molecule has 12 heteroatoms. The Morgan fingerprint density at radius 2 is 1.69 bits per heavy atom. The molecule has 0 aliphatic rings. The van der Waals surface area contributed by atoms with Crippen molar-refractivity contribution in [3.05, 3.63) is 41.2 Å². The first-order chi connectivity index (χ1) is 13.5. The molecule has 1 heterocycles. The monoisotopic (exact) mass is 442 g/mol. The van der Waals surface area contributed by atoms with Gasteiger partial charge in [-0.3, -0.25) is 4.79 Å². The van der Waals surface area contributed by atoms with Gasteiger partial charge in [-0.15, -0.1) is 0 Å². The molecule has 2 aromatic rings. The van der Waals surface area contributed by atoms with Gasteiger partial charge in [-0.25, -0.2) is 23.1 Å². The number of hydrogen-bond acceptors (Lipinski definition) is 7. The largest absolute Gasteiger partial charge is 0.382 e. The smallest absolute Gasteiger partial charge is 0.273 e. The Morgan fingerprint density at radius 3 is 2.34 bits per heavy atom. The first kappa shape index (κ1) is 22.8. The van der Waals surface area contributed by atoms with Crippen LogP contribution in [-0.2, 0) is 10.0 Å². The molecular formula is C17H25ClN7O3S+. The number of nitrogens with two attached hydrogens (primary N) is 2. The van der Waals surface area contributed by atoms with Crippen LogP contribution in [0.15, 0.2) is 35.2 Å². The van der Waals surface area contributed by atoms with Gasteiger partial charge in [0, 0.05) is 0 Å². The average Bonchev–Trinajstić information content (AvgIpc) is 2.64. The number of carbonyl (C=O) groups is 1. The minimum Gasteiger partial charge on any atom is -0.382 e. The molecule has 1 amide bonds. The van der Waals surface area contributed by atoms with Crippen LogP contribution in [0.4, 0.5) is 11.6 Å². The number of benzene rings is 1. The summed E-state index contributed by atoms with van der Waals surface area (Å²) in [4.78, 5) is 20.1. The molecule has 0 fully saturated rings. The van der Waals surface area contributed by atoms with Gasteiger partial charge >= 0.3 is 0 Å². The molecule has 10 nitrogen and oxygen atoms in total. The maximum atomic E-state index is 12.2. The van der Waals surface area contributed by atoms with Gasteiger partial charge < -0.3 is 21.3 Å². The van der Waals surface area contributed by atoms with E-state index in [1.807, 2.05) is 14.1 Å². The predicted molar refractivity (Wildman–Crippen MR) is 112 cm³/mol. The van der Waals surface area contributed by atoms with Crippen molar-refractivity contribution < 1.29 is 17.7 Å². The van der Waals surface area contributed by atoms with Gasteiger partial charge in [0.1, 0.15) is 0 Å². The van der Waals surface area contributed by atoms with Gasteiger partial charge in [-0.05, 0) is 12.1 Å². The zero-order valence-electron chi connectivity index (χ0n) is 16.2. The summed E-state index contributed by atoms with van der Waals surface area (Å²) in [5.74, 6) is -0.661. The first-order valence-corrected chi connectivity index (χ1v) is 10.6. The van der Waals surface area contributed by atoms with E-state index in [1.165, 1.54) is 12.1 Å². The van der Waals surface area contributed by atoms with Crippen molar-refractivity contribution in [2.75, 3.05) is 51.7 Å². The highest BCUT2D eigenvalue weighted by Crippen LogP contribution is 2.17. The summed E-state index contributed by atoms with van der Waals surface area (Å²) in [5, 5.41) is 2.61. The lowest BCUT2D eigenvalue weighted by molar-refractivity contribution is -0.887. The number of nitrogens with zero attached hydrogens (tertiary/aromatic N) is 3. The van der Waals surface area contributed by atoms with Crippen LogP contribution in [0, 0.1) is 0 Å². The van der Waals surface area contributed by atoms with Gasteiger partial charge in [0.2, 0.25) is 10.0 Å². The Bertz CT molecular complexity index is 968. The molecular weight excluding hydrogens is 418 g/mol. The van der Waals surface area contributed by atoms with Crippen molar-refractivity contribution in [1.29, 1.82) is 0 Å². The Hall–Kier alpha value is -2.47. The topological polar surface area (TPSA) is 153 Å². The molecule has 0 spiro atoms. The number of halogens is 1. The highest BCUT2D eigenvalue weighted by Gasteiger charge is 2.20. The normalized spacial score (nSPS) is 12.0. The molecule has 2 rings (SSSR count). The number of anilines is 2. The SMILES string of the molecule is C[N+](C)(CCNC(=O)c1nc(Cl)c(N)nc1N)CCNS(=O)(=O)c1ccccc1. The van der Waals surface area contributed by atoms with Gasteiger partial charge in [-0.1, -0.05) is 29.8 Å². The van der Waals surface area contributed by atoms with E-state index in [0.29, 0.717) is 24.1 Å². The molecule has 0 bridgehead atoms. The molecule has 0 saturated carbocycles. The van der Waals surface area contributed by atoms with Gasteiger partial charge in [0.05, 0.1) is 45.2 Å². The van der Waals surface area contributed by atoms with Crippen molar-refractivity contribution in [3.63, 3.8) is 0 Å². The fraction of sp³-hybridized carbons (Fsp3) is 0.353.